The molecule has 0 aliphatic heterocycles. The van der Waals surface area contributed by atoms with Gasteiger partial charge in [0, 0.05) is 0 Å². The van der Waals surface area contributed by atoms with Crippen molar-refractivity contribution >= 4 is 27.4 Å². The number of fused-ring (bicyclic) bond motifs is 1. The largest absolute Gasteiger partial charge is 0.383 e. The Morgan fingerprint density at radius 2 is 1.75 bits per heavy atom. The van der Waals surface area contributed by atoms with E-state index in [9.17, 15) is 4.79 Å². The Labute approximate surface area is 142 Å². The number of nitrogen functional groups attached to an aromatic ring is 1. The van der Waals surface area contributed by atoms with Crippen molar-refractivity contribution in [1.82, 2.24) is 14.8 Å². The number of thiazole rings is 1. The monoisotopic (exact) mass is 334 g/mol. The van der Waals surface area contributed by atoms with Gasteiger partial charge in [0.25, 0.3) is 0 Å². The van der Waals surface area contributed by atoms with Crippen molar-refractivity contribution < 1.29 is 0 Å². The molecule has 0 radical (unpaired) electrons. The molecule has 2 heterocycles. The molecule has 4 rings (SSSR count). The zero-order chi connectivity index (χ0) is 16.7. The summed E-state index contributed by atoms with van der Waals surface area (Å²) in [7, 11) is 0. The van der Waals surface area contributed by atoms with Gasteiger partial charge >= 0.3 is 0 Å². The summed E-state index contributed by atoms with van der Waals surface area (Å²) in [5.74, 6) is 0.302. The highest BCUT2D eigenvalue weighted by Gasteiger charge is 2.17. The molecule has 0 saturated carbocycles. The molecule has 0 unspecified atom stereocenters. The first-order chi connectivity index (χ1) is 11.6. The van der Waals surface area contributed by atoms with Gasteiger partial charge in [0.1, 0.15) is 11.5 Å². The van der Waals surface area contributed by atoms with Gasteiger partial charge in [-0.25, -0.2) is 4.98 Å². The van der Waals surface area contributed by atoms with Crippen LogP contribution in [0, 0.1) is 6.92 Å². The molecule has 0 amide bonds. The Morgan fingerprint density at radius 3 is 2.50 bits per heavy atom. The lowest BCUT2D eigenvalue weighted by molar-refractivity contribution is 0.819. The number of hydrogen-bond donors (Lipinski definition) is 1. The second-order valence-electron chi connectivity index (χ2n) is 5.42. The standard InChI is InChI=1S/C18H14N4OS/c1-11-16(23)15(12-7-3-2-4-8-12)17(19)22(21-11)18-20-13-9-5-6-10-14(13)24-18/h2-10H,19H2,1H3. The first kappa shape index (κ1) is 14.6. The number of benzene rings is 2. The fourth-order valence-electron chi connectivity index (χ4n) is 2.63. The van der Waals surface area contributed by atoms with E-state index in [0.717, 1.165) is 15.8 Å². The average molecular weight is 334 g/mol. The van der Waals surface area contributed by atoms with Gasteiger partial charge in [-0.3, -0.25) is 4.79 Å². The quantitative estimate of drug-likeness (QED) is 0.610. The van der Waals surface area contributed by atoms with Crippen LogP contribution in [0.2, 0.25) is 0 Å². The molecule has 5 nitrogen and oxygen atoms in total. The zero-order valence-corrected chi connectivity index (χ0v) is 13.7. The van der Waals surface area contributed by atoms with Crippen LogP contribution in [-0.4, -0.2) is 14.8 Å². The maximum atomic E-state index is 12.6. The summed E-state index contributed by atoms with van der Waals surface area (Å²) in [5, 5.41) is 5.00. The molecule has 0 aliphatic rings. The van der Waals surface area contributed by atoms with Crippen LogP contribution in [0.25, 0.3) is 26.5 Å². The number of rotatable bonds is 2. The summed E-state index contributed by atoms with van der Waals surface area (Å²) in [4.78, 5) is 17.2. The van der Waals surface area contributed by atoms with Crippen LogP contribution in [-0.2, 0) is 0 Å². The van der Waals surface area contributed by atoms with Crippen LogP contribution < -0.4 is 11.2 Å². The van der Waals surface area contributed by atoms with Gasteiger partial charge in [-0.15, -0.1) is 0 Å². The van der Waals surface area contributed by atoms with Crippen molar-refractivity contribution in [3.63, 3.8) is 0 Å². The van der Waals surface area contributed by atoms with E-state index in [2.05, 4.69) is 10.1 Å². The van der Waals surface area contributed by atoms with Gasteiger partial charge in [0.05, 0.1) is 15.8 Å². The minimum atomic E-state index is -0.156. The minimum Gasteiger partial charge on any atom is -0.383 e. The van der Waals surface area contributed by atoms with E-state index in [1.807, 2.05) is 54.6 Å². The van der Waals surface area contributed by atoms with Crippen LogP contribution in [0.3, 0.4) is 0 Å². The first-order valence-corrected chi connectivity index (χ1v) is 8.27. The maximum Gasteiger partial charge on any atom is 0.213 e. The number of aryl methyl sites for hydroxylation is 1. The first-order valence-electron chi connectivity index (χ1n) is 7.46. The fraction of sp³-hybridized carbons (Fsp3) is 0.0556. The van der Waals surface area contributed by atoms with E-state index in [-0.39, 0.29) is 5.43 Å². The van der Waals surface area contributed by atoms with Crippen molar-refractivity contribution in [3.05, 3.63) is 70.5 Å². The zero-order valence-electron chi connectivity index (χ0n) is 12.9. The highest BCUT2D eigenvalue weighted by atomic mass is 32.1. The van der Waals surface area contributed by atoms with Gasteiger partial charge in [-0.2, -0.15) is 9.78 Å². The second kappa shape index (κ2) is 5.58. The molecule has 0 atom stereocenters. The number of para-hydroxylation sites is 1. The fourth-order valence-corrected chi connectivity index (χ4v) is 3.56. The number of hydrogen-bond acceptors (Lipinski definition) is 5. The van der Waals surface area contributed by atoms with Crippen molar-refractivity contribution in [2.24, 2.45) is 0 Å². The Hall–Kier alpha value is -2.99. The molecule has 2 aromatic carbocycles. The highest BCUT2D eigenvalue weighted by molar-refractivity contribution is 7.20. The van der Waals surface area contributed by atoms with Crippen molar-refractivity contribution in [2.45, 2.75) is 6.92 Å². The minimum absolute atomic E-state index is 0.156. The third-order valence-corrected chi connectivity index (χ3v) is 4.83. The van der Waals surface area contributed by atoms with Crippen molar-refractivity contribution in [2.75, 3.05) is 5.73 Å². The molecule has 0 saturated heterocycles. The molecule has 24 heavy (non-hydrogen) atoms. The van der Waals surface area contributed by atoms with Crippen molar-refractivity contribution in [1.29, 1.82) is 0 Å². The van der Waals surface area contributed by atoms with Crippen LogP contribution in [0.5, 0.6) is 0 Å². The Balaban J connectivity index is 2.00. The lowest BCUT2D eigenvalue weighted by Gasteiger charge is -2.11. The van der Waals surface area contributed by atoms with E-state index in [1.54, 1.807) is 11.6 Å². The topological polar surface area (TPSA) is 73.8 Å². The molecule has 0 bridgehead atoms. The van der Waals surface area contributed by atoms with E-state index >= 15 is 0 Å². The van der Waals surface area contributed by atoms with Gasteiger partial charge < -0.3 is 5.73 Å². The number of nitrogens with two attached hydrogens (primary N) is 1. The van der Waals surface area contributed by atoms with E-state index in [1.165, 1.54) is 11.3 Å². The molecular weight excluding hydrogens is 320 g/mol. The van der Waals surface area contributed by atoms with Gasteiger partial charge in [-0.05, 0) is 24.6 Å². The normalized spacial score (nSPS) is 11.0. The molecule has 2 N–H and O–H groups in total. The molecule has 4 aromatic rings. The summed E-state index contributed by atoms with van der Waals surface area (Å²) >= 11 is 1.49. The van der Waals surface area contributed by atoms with Crippen LogP contribution >= 0.6 is 11.3 Å². The van der Waals surface area contributed by atoms with Gasteiger partial charge in [0.15, 0.2) is 0 Å². The Morgan fingerprint density at radius 1 is 1.04 bits per heavy atom. The van der Waals surface area contributed by atoms with Gasteiger partial charge in [-0.1, -0.05) is 53.8 Å². The summed E-state index contributed by atoms with van der Waals surface area (Å²) in [6.45, 7) is 1.69. The predicted molar refractivity (Wildman–Crippen MR) is 97.6 cm³/mol. The molecule has 6 heteroatoms. The molecular formula is C18H14N4OS. The highest BCUT2D eigenvalue weighted by Crippen LogP contribution is 2.28. The Bertz CT molecular complexity index is 1070. The average Bonchev–Trinajstić information content (AvgIpc) is 3.03. The van der Waals surface area contributed by atoms with Crippen LogP contribution in [0.15, 0.2) is 59.4 Å². The molecule has 2 aromatic heterocycles. The summed E-state index contributed by atoms with van der Waals surface area (Å²) in [6.07, 6.45) is 0. The predicted octanol–water partition coefficient (Wildman–Crippen LogP) is 3.40. The third-order valence-electron chi connectivity index (χ3n) is 3.82. The molecule has 118 valence electrons. The maximum absolute atomic E-state index is 12.6. The lowest BCUT2D eigenvalue weighted by Crippen LogP contribution is -2.21. The summed E-state index contributed by atoms with van der Waals surface area (Å²) in [5.41, 5.74) is 8.66. The molecule has 0 spiro atoms. The number of aromatic nitrogens is 3. The molecule has 0 aliphatic carbocycles. The number of anilines is 1. The number of nitrogens with zero attached hydrogens (tertiary/aromatic N) is 3. The van der Waals surface area contributed by atoms with Crippen LogP contribution in [0.4, 0.5) is 5.82 Å². The third kappa shape index (κ3) is 2.28. The summed E-state index contributed by atoms with van der Waals surface area (Å²) < 4.78 is 2.61. The lowest BCUT2D eigenvalue weighted by atomic mass is 10.1. The Kier molecular flexibility index (Phi) is 3.39. The van der Waals surface area contributed by atoms with Gasteiger partial charge in [0.2, 0.25) is 10.6 Å². The SMILES string of the molecule is Cc1nn(-c2nc3ccccc3s2)c(N)c(-c2ccccc2)c1=O. The van der Waals surface area contributed by atoms with Crippen LogP contribution in [0.1, 0.15) is 5.69 Å². The molecule has 0 fully saturated rings. The van der Waals surface area contributed by atoms with Crippen molar-refractivity contribution in [3.8, 4) is 16.3 Å². The smallest absolute Gasteiger partial charge is 0.213 e. The van der Waals surface area contributed by atoms with E-state index in [0.29, 0.717) is 22.2 Å². The second-order valence-corrected chi connectivity index (χ2v) is 6.43. The van der Waals surface area contributed by atoms with E-state index in [4.69, 9.17) is 5.73 Å². The summed E-state index contributed by atoms with van der Waals surface area (Å²) in [6, 6.07) is 17.3. The van der Waals surface area contributed by atoms with E-state index < -0.39 is 0 Å².